The minimum atomic E-state index is -0.555. The lowest BCUT2D eigenvalue weighted by atomic mass is 10.1. The van der Waals surface area contributed by atoms with Gasteiger partial charge in [0.2, 0.25) is 5.43 Å². The quantitative estimate of drug-likeness (QED) is 0.724. The molecular formula is C16H13N3O3S. The van der Waals surface area contributed by atoms with Crippen molar-refractivity contribution < 1.29 is 9.59 Å². The molecule has 0 fully saturated rings. The second kappa shape index (κ2) is 5.77. The molecule has 0 spiro atoms. The van der Waals surface area contributed by atoms with Crippen molar-refractivity contribution in [3.63, 3.8) is 0 Å². The third-order valence-corrected chi connectivity index (χ3v) is 4.54. The molecule has 0 saturated carbocycles. The molecule has 1 amide bonds. The van der Waals surface area contributed by atoms with Crippen molar-refractivity contribution >= 4 is 39.1 Å². The number of pyridine rings is 1. The number of thiazole rings is 1. The van der Waals surface area contributed by atoms with Gasteiger partial charge in [-0.25, -0.2) is 4.98 Å². The second-order valence-corrected chi connectivity index (χ2v) is 6.02. The summed E-state index contributed by atoms with van der Waals surface area (Å²) in [5.74, 6) is -0.662. The SMILES string of the molecule is CC(=O)c1sc(NC(=O)c2c[nH]c3ccccc3c2=O)nc1C. The minimum Gasteiger partial charge on any atom is -0.360 e. The third kappa shape index (κ3) is 2.78. The number of aromatic nitrogens is 2. The fraction of sp³-hybridized carbons (Fsp3) is 0.125. The van der Waals surface area contributed by atoms with Gasteiger partial charge in [-0.2, -0.15) is 0 Å². The van der Waals surface area contributed by atoms with Crippen molar-refractivity contribution in [1.29, 1.82) is 0 Å². The molecule has 2 heterocycles. The number of fused-ring (bicyclic) bond motifs is 1. The first-order valence-electron chi connectivity index (χ1n) is 6.87. The molecule has 0 aliphatic heterocycles. The van der Waals surface area contributed by atoms with Gasteiger partial charge in [-0.1, -0.05) is 23.5 Å². The Balaban J connectivity index is 1.95. The molecule has 3 rings (SSSR count). The van der Waals surface area contributed by atoms with E-state index in [1.165, 1.54) is 13.1 Å². The molecule has 116 valence electrons. The first-order valence-corrected chi connectivity index (χ1v) is 7.69. The lowest BCUT2D eigenvalue weighted by Crippen LogP contribution is -2.21. The van der Waals surface area contributed by atoms with Crippen molar-refractivity contribution in [3.05, 3.63) is 56.8 Å². The number of benzene rings is 1. The minimum absolute atomic E-state index is 0.000859. The van der Waals surface area contributed by atoms with Gasteiger partial charge in [0.1, 0.15) is 5.56 Å². The van der Waals surface area contributed by atoms with Crippen LogP contribution in [0.15, 0.2) is 35.3 Å². The van der Waals surface area contributed by atoms with E-state index in [0.717, 1.165) is 11.3 Å². The molecule has 0 saturated heterocycles. The van der Waals surface area contributed by atoms with E-state index in [2.05, 4.69) is 15.3 Å². The molecule has 0 aliphatic carbocycles. The summed E-state index contributed by atoms with van der Waals surface area (Å²) >= 11 is 1.10. The third-order valence-electron chi connectivity index (χ3n) is 3.37. The maximum atomic E-state index is 12.4. The molecule has 23 heavy (non-hydrogen) atoms. The van der Waals surface area contributed by atoms with Crippen molar-refractivity contribution in [2.24, 2.45) is 0 Å². The molecule has 6 nitrogen and oxygen atoms in total. The molecule has 0 radical (unpaired) electrons. The van der Waals surface area contributed by atoms with Crippen LogP contribution in [0.25, 0.3) is 10.9 Å². The summed E-state index contributed by atoms with van der Waals surface area (Å²) in [6.07, 6.45) is 1.38. The highest BCUT2D eigenvalue weighted by Gasteiger charge is 2.17. The van der Waals surface area contributed by atoms with Gasteiger partial charge in [0, 0.05) is 24.0 Å². The number of aryl methyl sites for hydroxylation is 1. The van der Waals surface area contributed by atoms with E-state index in [0.29, 0.717) is 26.6 Å². The number of carbonyl (C=O) groups is 2. The summed E-state index contributed by atoms with van der Waals surface area (Å²) in [6, 6.07) is 6.97. The summed E-state index contributed by atoms with van der Waals surface area (Å²) in [4.78, 5) is 43.7. The van der Waals surface area contributed by atoms with Crippen LogP contribution in [-0.2, 0) is 0 Å². The van der Waals surface area contributed by atoms with Gasteiger partial charge in [-0.3, -0.25) is 19.7 Å². The molecule has 0 bridgehead atoms. The van der Waals surface area contributed by atoms with E-state index in [-0.39, 0.29) is 16.8 Å². The second-order valence-electron chi connectivity index (χ2n) is 5.02. The predicted octanol–water partition coefficient (Wildman–Crippen LogP) is 2.75. The summed E-state index contributed by atoms with van der Waals surface area (Å²) in [5, 5.41) is 3.32. The molecule has 0 atom stereocenters. The Morgan fingerprint density at radius 2 is 2.00 bits per heavy atom. The van der Waals surface area contributed by atoms with E-state index in [1.807, 2.05) is 0 Å². The number of ketones is 1. The number of carbonyl (C=O) groups excluding carboxylic acids is 2. The number of aromatic amines is 1. The van der Waals surface area contributed by atoms with Gasteiger partial charge in [0.15, 0.2) is 10.9 Å². The maximum absolute atomic E-state index is 12.4. The molecule has 2 N–H and O–H groups in total. The van der Waals surface area contributed by atoms with E-state index in [4.69, 9.17) is 0 Å². The highest BCUT2D eigenvalue weighted by Crippen LogP contribution is 2.23. The Hall–Kier alpha value is -2.80. The monoisotopic (exact) mass is 327 g/mol. The summed E-state index contributed by atoms with van der Waals surface area (Å²) in [7, 11) is 0. The summed E-state index contributed by atoms with van der Waals surface area (Å²) in [6.45, 7) is 3.14. The van der Waals surface area contributed by atoms with Crippen molar-refractivity contribution in [2.45, 2.75) is 13.8 Å². The molecular weight excluding hydrogens is 314 g/mol. The number of anilines is 1. The van der Waals surface area contributed by atoms with Crippen molar-refractivity contribution in [1.82, 2.24) is 9.97 Å². The maximum Gasteiger partial charge on any atom is 0.262 e. The number of hydrogen-bond acceptors (Lipinski definition) is 5. The van der Waals surface area contributed by atoms with E-state index in [9.17, 15) is 14.4 Å². The van der Waals surface area contributed by atoms with Gasteiger partial charge >= 0.3 is 0 Å². The van der Waals surface area contributed by atoms with Crippen LogP contribution in [0, 0.1) is 6.92 Å². The Kier molecular flexibility index (Phi) is 3.79. The number of para-hydroxylation sites is 1. The topological polar surface area (TPSA) is 91.9 Å². The van der Waals surface area contributed by atoms with E-state index in [1.54, 1.807) is 31.2 Å². The average Bonchev–Trinajstić information content (AvgIpc) is 2.88. The van der Waals surface area contributed by atoms with Crippen molar-refractivity contribution in [3.8, 4) is 0 Å². The van der Waals surface area contributed by atoms with Crippen molar-refractivity contribution in [2.75, 3.05) is 5.32 Å². The van der Waals surface area contributed by atoms with Crippen LogP contribution in [0.3, 0.4) is 0 Å². The first-order chi connectivity index (χ1) is 11.0. The van der Waals surface area contributed by atoms with Crippen LogP contribution in [0.2, 0.25) is 0 Å². The predicted molar refractivity (Wildman–Crippen MR) is 89.4 cm³/mol. The molecule has 7 heteroatoms. The summed E-state index contributed by atoms with van der Waals surface area (Å²) in [5.41, 5.74) is 0.876. The normalized spacial score (nSPS) is 10.7. The average molecular weight is 327 g/mol. The zero-order valence-corrected chi connectivity index (χ0v) is 13.3. The van der Waals surface area contributed by atoms with Crippen LogP contribution in [0.4, 0.5) is 5.13 Å². The zero-order valence-electron chi connectivity index (χ0n) is 12.5. The highest BCUT2D eigenvalue weighted by atomic mass is 32.1. The Morgan fingerprint density at radius 3 is 2.70 bits per heavy atom. The molecule has 1 aromatic carbocycles. The fourth-order valence-electron chi connectivity index (χ4n) is 2.28. The number of H-pyrrole nitrogens is 1. The zero-order chi connectivity index (χ0) is 16.6. The molecule has 0 unspecified atom stereocenters. The van der Waals surface area contributed by atoms with Gasteiger partial charge in [-0.05, 0) is 19.1 Å². The lowest BCUT2D eigenvalue weighted by molar-refractivity contribution is 0.101. The number of hydrogen-bond donors (Lipinski definition) is 2. The van der Waals surface area contributed by atoms with Crippen LogP contribution in [0.5, 0.6) is 0 Å². The molecule has 3 aromatic rings. The van der Waals surface area contributed by atoms with E-state index >= 15 is 0 Å². The number of amides is 1. The number of nitrogens with one attached hydrogen (secondary N) is 2. The molecule has 0 aliphatic rings. The van der Waals surface area contributed by atoms with Crippen LogP contribution in [-0.4, -0.2) is 21.7 Å². The number of rotatable bonds is 3. The Morgan fingerprint density at radius 1 is 1.26 bits per heavy atom. The number of Topliss-reactive ketones (excluding diaryl/α,β-unsaturated/α-hetero) is 1. The Labute approximate surface area is 135 Å². The summed E-state index contributed by atoms with van der Waals surface area (Å²) < 4.78 is 0. The smallest absolute Gasteiger partial charge is 0.262 e. The van der Waals surface area contributed by atoms with Gasteiger partial charge < -0.3 is 4.98 Å². The first kappa shape index (κ1) is 15.1. The molecule has 2 aromatic heterocycles. The lowest BCUT2D eigenvalue weighted by Gasteiger charge is -2.03. The standard InChI is InChI=1S/C16H13N3O3S/c1-8-14(9(2)20)23-16(18-8)19-15(22)11-7-17-12-6-4-3-5-10(12)13(11)21/h3-7H,1-2H3,(H,17,21)(H,18,19,22). The number of nitrogens with zero attached hydrogens (tertiary/aromatic N) is 1. The van der Waals surface area contributed by atoms with Crippen LogP contribution < -0.4 is 10.7 Å². The van der Waals surface area contributed by atoms with Gasteiger partial charge in [0.05, 0.1) is 10.6 Å². The van der Waals surface area contributed by atoms with Crippen LogP contribution in [0.1, 0.15) is 32.6 Å². The Bertz CT molecular complexity index is 988. The van der Waals surface area contributed by atoms with Gasteiger partial charge in [-0.15, -0.1) is 0 Å². The fourth-order valence-corrected chi connectivity index (χ4v) is 3.13. The highest BCUT2D eigenvalue weighted by molar-refractivity contribution is 7.17. The van der Waals surface area contributed by atoms with Crippen LogP contribution >= 0.6 is 11.3 Å². The van der Waals surface area contributed by atoms with E-state index < -0.39 is 5.91 Å². The van der Waals surface area contributed by atoms with Gasteiger partial charge in [0.25, 0.3) is 5.91 Å². The largest absolute Gasteiger partial charge is 0.360 e.